The number of halogens is 1. The lowest BCUT2D eigenvalue weighted by Gasteiger charge is -2.15. The summed E-state index contributed by atoms with van der Waals surface area (Å²) in [6, 6.07) is 7.35. The van der Waals surface area contributed by atoms with Gasteiger partial charge >= 0.3 is 0 Å². The SMILES string of the molecule is C[C@H](NC(=O)[C@@H](C)N)c1ccc(Br)cc1. The van der Waals surface area contributed by atoms with Crippen molar-refractivity contribution in [3.05, 3.63) is 34.3 Å². The van der Waals surface area contributed by atoms with Crippen LogP contribution in [0.1, 0.15) is 25.5 Å². The van der Waals surface area contributed by atoms with Crippen LogP contribution in [0.4, 0.5) is 0 Å². The van der Waals surface area contributed by atoms with Gasteiger partial charge < -0.3 is 11.1 Å². The van der Waals surface area contributed by atoms with Crippen molar-refractivity contribution < 1.29 is 4.79 Å². The molecule has 0 fully saturated rings. The predicted molar refractivity (Wildman–Crippen MR) is 64.3 cm³/mol. The number of carbonyl (C=O) groups excluding carboxylic acids is 1. The van der Waals surface area contributed by atoms with Crippen molar-refractivity contribution in [1.29, 1.82) is 0 Å². The van der Waals surface area contributed by atoms with Crippen molar-refractivity contribution in [2.45, 2.75) is 25.9 Å². The Morgan fingerprint density at radius 1 is 1.33 bits per heavy atom. The standard InChI is InChI=1S/C11H15BrN2O/c1-7(13)11(15)14-8(2)9-3-5-10(12)6-4-9/h3-8H,13H2,1-2H3,(H,14,15)/t7-,8+/m1/s1. The molecule has 0 aromatic heterocycles. The molecule has 3 N–H and O–H groups in total. The van der Waals surface area contributed by atoms with E-state index in [1.807, 2.05) is 31.2 Å². The molecule has 0 aliphatic carbocycles. The second kappa shape index (κ2) is 5.28. The van der Waals surface area contributed by atoms with Crippen molar-refractivity contribution in [1.82, 2.24) is 5.32 Å². The van der Waals surface area contributed by atoms with Crippen LogP contribution in [0, 0.1) is 0 Å². The fourth-order valence-corrected chi connectivity index (χ4v) is 1.44. The van der Waals surface area contributed by atoms with Crippen LogP contribution in [-0.2, 0) is 4.79 Å². The van der Waals surface area contributed by atoms with Gasteiger partial charge in [-0.25, -0.2) is 0 Å². The zero-order valence-corrected chi connectivity index (χ0v) is 10.4. The summed E-state index contributed by atoms with van der Waals surface area (Å²) in [5.41, 5.74) is 6.53. The first-order chi connectivity index (χ1) is 7.00. The molecular weight excluding hydrogens is 256 g/mol. The number of nitrogens with two attached hydrogens (primary N) is 1. The van der Waals surface area contributed by atoms with Crippen molar-refractivity contribution in [2.75, 3.05) is 0 Å². The highest BCUT2D eigenvalue weighted by Crippen LogP contribution is 2.16. The van der Waals surface area contributed by atoms with Gasteiger partial charge in [-0.15, -0.1) is 0 Å². The average Bonchev–Trinajstić information content (AvgIpc) is 2.18. The molecule has 0 heterocycles. The lowest BCUT2D eigenvalue weighted by atomic mass is 10.1. The second-order valence-corrected chi connectivity index (χ2v) is 4.49. The van der Waals surface area contributed by atoms with Gasteiger partial charge in [0.1, 0.15) is 0 Å². The van der Waals surface area contributed by atoms with Gasteiger partial charge in [-0.3, -0.25) is 4.79 Å². The zero-order chi connectivity index (χ0) is 11.4. The van der Waals surface area contributed by atoms with Gasteiger partial charge in [-0.05, 0) is 31.5 Å². The Morgan fingerprint density at radius 3 is 2.33 bits per heavy atom. The van der Waals surface area contributed by atoms with Crippen LogP contribution < -0.4 is 11.1 Å². The number of benzene rings is 1. The van der Waals surface area contributed by atoms with E-state index in [-0.39, 0.29) is 11.9 Å². The number of carbonyl (C=O) groups is 1. The number of hydrogen-bond acceptors (Lipinski definition) is 2. The molecule has 2 atom stereocenters. The molecule has 82 valence electrons. The zero-order valence-electron chi connectivity index (χ0n) is 8.83. The van der Waals surface area contributed by atoms with Crippen LogP contribution in [0.25, 0.3) is 0 Å². The van der Waals surface area contributed by atoms with Crippen LogP contribution >= 0.6 is 15.9 Å². The normalized spacial score (nSPS) is 14.4. The topological polar surface area (TPSA) is 55.1 Å². The predicted octanol–water partition coefficient (Wildman–Crippen LogP) is 1.97. The summed E-state index contributed by atoms with van der Waals surface area (Å²) >= 11 is 3.36. The van der Waals surface area contributed by atoms with Crippen LogP contribution in [-0.4, -0.2) is 11.9 Å². The Balaban J connectivity index is 2.65. The molecule has 0 bridgehead atoms. The molecule has 1 aromatic carbocycles. The maximum absolute atomic E-state index is 11.3. The molecule has 0 aliphatic rings. The highest BCUT2D eigenvalue weighted by atomic mass is 79.9. The van der Waals surface area contributed by atoms with Crippen molar-refractivity contribution in [2.24, 2.45) is 5.73 Å². The first-order valence-electron chi connectivity index (χ1n) is 4.82. The van der Waals surface area contributed by atoms with Crippen LogP contribution in [0.2, 0.25) is 0 Å². The molecule has 15 heavy (non-hydrogen) atoms. The summed E-state index contributed by atoms with van der Waals surface area (Å²) in [4.78, 5) is 11.3. The lowest BCUT2D eigenvalue weighted by molar-refractivity contribution is -0.122. The van der Waals surface area contributed by atoms with Crippen LogP contribution in [0.5, 0.6) is 0 Å². The first kappa shape index (κ1) is 12.2. The van der Waals surface area contributed by atoms with Crippen molar-refractivity contribution >= 4 is 21.8 Å². The largest absolute Gasteiger partial charge is 0.348 e. The molecule has 0 radical (unpaired) electrons. The Kier molecular flexibility index (Phi) is 4.29. The van der Waals surface area contributed by atoms with Gasteiger partial charge in [-0.1, -0.05) is 28.1 Å². The summed E-state index contributed by atoms with van der Waals surface area (Å²) in [7, 11) is 0. The lowest BCUT2D eigenvalue weighted by Crippen LogP contribution is -2.39. The number of amides is 1. The minimum absolute atomic E-state index is 0.0170. The van der Waals surface area contributed by atoms with E-state index in [0.29, 0.717) is 0 Å². The summed E-state index contributed by atoms with van der Waals surface area (Å²) in [5, 5.41) is 2.84. The molecule has 4 heteroatoms. The highest BCUT2D eigenvalue weighted by molar-refractivity contribution is 9.10. The molecular formula is C11H15BrN2O. The van der Waals surface area contributed by atoms with E-state index >= 15 is 0 Å². The van der Waals surface area contributed by atoms with Gasteiger partial charge in [0.05, 0.1) is 12.1 Å². The maximum Gasteiger partial charge on any atom is 0.237 e. The Morgan fingerprint density at radius 2 is 1.87 bits per heavy atom. The van der Waals surface area contributed by atoms with E-state index in [1.54, 1.807) is 6.92 Å². The van der Waals surface area contributed by atoms with Gasteiger partial charge in [0.15, 0.2) is 0 Å². The molecule has 1 aromatic rings. The van der Waals surface area contributed by atoms with E-state index in [4.69, 9.17) is 5.73 Å². The monoisotopic (exact) mass is 270 g/mol. The quantitative estimate of drug-likeness (QED) is 0.883. The first-order valence-corrected chi connectivity index (χ1v) is 5.61. The van der Waals surface area contributed by atoms with E-state index in [9.17, 15) is 4.79 Å². The fourth-order valence-electron chi connectivity index (χ4n) is 1.18. The Labute approximate surface area is 98.2 Å². The van der Waals surface area contributed by atoms with Gasteiger partial charge in [0.25, 0.3) is 0 Å². The number of rotatable bonds is 3. The van der Waals surface area contributed by atoms with Crippen molar-refractivity contribution in [3.8, 4) is 0 Å². The third-order valence-corrected chi connectivity index (χ3v) is 2.67. The smallest absolute Gasteiger partial charge is 0.237 e. The average molecular weight is 271 g/mol. The minimum atomic E-state index is -0.470. The summed E-state index contributed by atoms with van der Waals surface area (Å²) in [6.07, 6.45) is 0. The molecule has 3 nitrogen and oxygen atoms in total. The second-order valence-electron chi connectivity index (χ2n) is 3.57. The molecule has 0 spiro atoms. The molecule has 0 saturated carbocycles. The van der Waals surface area contributed by atoms with Gasteiger partial charge in [0.2, 0.25) is 5.91 Å². The Bertz CT molecular complexity index is 335. The fraction of sp³-hybridized carbons (Fsp3) is 0.364. The maximum atomic E-state index is 11.3. The van der Waals surface area contributed by atoms with E-state index in [1.165, 1.54) is 0 Å². The molecule has 1 amide bonds. The van der Waals surface area contributed by atoms with Crippen molar-refractivity contribution in [3.63, 3.8) is 0 Å². The summed E-state index contributed by atoms with van der Waals surface area (Å²) < 4.78 is 1.02. The minimum Gasteiger partial charge on any atom is -0.348 e. The number of hydrogen-bond donors (Lipinski definition) is 2. The van der Waals surface area contributed by atoms with E-state index < -0.39 is 6.04 Å². The van der Waals surface area contributed by atoms with Crippen LogP contribution in [0.15, 0.2) is 28.7 Å². The van der Waals surface area contributed by atoms with E-state index in [0.717, 1.165) is 10.0 Å². The molecule has 0 aliphatic heterocycles. The summed E-state index contributed by atoms with van der Waals surface area (Å²) in [5.74, 6) is -0.134. The molecule has 0 unspecified atom stereocenters. The van der Waals surface area contributed by atoms with Gasteiger partial charge in [-0.2, -0.15) is 0 Å². The third kappa shape index (κ3) is 3.64. The highest BCUT2D eigenvalue weighted by Gasteiger charge is 2.12. The third-order valence-electron chi connectivity index (χ3n) is 2.14. The van der Waals surface area contributed by atoms with Crippen LogP contribution in [0.3, 0.4) is 0 Å². The summed E-state index contributed by atoms with van der Waals surface area (Å²) in [6.45, 7) is 3.60. The molecule has 0 saturated heterocycles. The van der Waals surface area contributed by atoms with Gasteiger partial charge in [0, 0.05) is 4.47 Å². The van der Waals surface area contributed by atoms with E-state index in [2.05, 4.69) is 21.2 Å². The molecule has 1 rings (SSSR count). The number of nitrogens with one attached hydrogen (secondary N) is 1. The Hall–Kier alpha value is -0.870.